The summed E-state index contributed by atoms with van der Waals surface area (Å²) in [5, 5.41) is 0.376. The molecule has 6 heteroatoms. The van der Waals surface area contributed by atoms with Gasteiger partial charge in [-0.15, -0.1) is 13.2 Å². The number of hydrogen-bond acceptors (Lipinski definition) is 2. The largest absolute Gasteiger partial charge is 0.223 e. The van der Waals surface area contributed by atoms with Crippen LogP contribution < -0.4 is 0 Å². The Morgan fingerprint density at radius 3 is 2.27 bits per heavy atom. The van der Waals surface area contributed by atoms with Crippen molar-refractivity contribution in [3.05, 3.63) is 90.0 Å². The van der Waals surface area contributed by atoms with Crippen molar-refractivity contribution in [2.45, 2.75) is 28.9 Å². The zero-order chi connectivity index (χ0) is 19.4. The lowest BCUT2D eigenvalue weighted by molar-refractivity contribution is 0.469. The van der Waals surface area contributed by atoms with E-state index in [9.17, 15) is 17.2 Å². The lowest BCUT2D eigenvalue weighted by Gasteiger charge is -2.33. The molecule has 0 bridgehead atoms. The fourth-order valence-corrected chi connectivity index (χ4v) is 5.23. The number of allylic oxidation sites excluding steroid dienone is 2. The van der Waals surface area contributed by atoms with E-state index in [0.717, 1.165) is 18.2 Å². The molecule has 26 heavy (non-hydrogen) atoms. The summed E-state index contributed by atoms with van der Waals surface area (Å²) in [4.78, 5) is -0.0172. The predicted octanol–water partition coefficient (Wildman–Crippen LogP) is 5.83. The molecule has 0 saturated carbocycles. The molecule has 0 radical (unpaired) electrons. The van der Waals surface area contributed by atoms with Crippen LogP contribution in [0, 0.1) is 11.6 Å². The molecule has 1 atom stereocenters. The Bertz CT molecular complexity index is 908. The van der Waals surface area contributed by atoms with Gasteiger partial charge in [-0.25, -0.2) is 17.2 Å². The Morgan fingerprint density at radius 1 is 1.04 bits per heavy atom. The quantitative estimate of drug-likeness (QED) is 0.526. The second-order valence-electron chi connectivity index (χ2n) is 5.90. The maximum absolute atomic E-state index is 14.6. The van der Waals surface area contributed by atoms with Crippen LogP contribution in [0.15, 0.2) is 72.7 Å². The van der Waals surface area contributed by atoms with E-state index in [2.05, 4.69) is 13.2 Å². The van der Waals surface area contributed by atoms with Gasteiger partial charge in [-0.05, 0) is 61.7 Å². The summed E-state index contributed by atoms with van der Waals surface area (Å²) in [6.45, 7) is 7.24. The normalized spacial score (nSPS) is 13.8. The van der Waals surface area contributed by atoms with E-state index in [1.54, 1.807) is 6.08 Å². The maximum Gasteiger partial charge on any atom is 0.188 e. The minimum atomic E-state index is -4.09. The third-order valence-corrected chi connectivity index (χ3v) is 7.05. The summed E-state index contributed by atoms with van der Waals surface area (Å²) in [5.41, 5.74) is -0.214. The molecule has 0 saturated heterocycles. The fourth-order valence-electron chi connectivity index (χ4n) is 2.99. The van der Waals surface area contributed by atoms with Crippen molar-refractivity contribution in [2.24, 2.45) is 0 Å². The van der Waals surface area contributed by atoms with Gasteiger partial charge in [0.2, 0.25) is 0 Å². The summed E-state index contributed by atoms with van der Waals surface area (Å²) in [5.74, 6) is -1.49. The monoisotopic (exact) mass is 396 g/mol. The van der Waals surface area contributed by atoms with Crippen LogP contribution in [0.5, 0.6) is 0 Å². The molecule has 0 aromatic heterocycles. The average molecular weight is 397 g/mol. The first-order valence-corrected chi connectivity index (χ1v) is 9.82. The Morgan fingerprint density at radius 2 is 1.69 bits per heavy atom. The number of rotatable bonds is 8. The van der Waals surface area contributed by atoms with Gasteiger partial charge in [0, 0.05) is 10.6 Å². The number of benzene rings is 2. The molecule has 0 aliphatic carbocycles. The summed E-state index contributed by atoms with van der Waals surface area (Å²) in [6.07, 6.45) is 3.21. The van der Waals surface area contributed by atoms with Crippen molar-refractivity contribution in [3.8, 4) is 0 Å². The molecule has 138 valence electrons. The topological polar surface area (TPSA) is 34.1 Å². The van der Waals surface area contributed by atoms with Gasteiger partial charge in [0.1, 0.15) is 16.4 Å². The molecule has 0 spiro atoms. The highest BCUT2D eigenvalue weighted by atomic mass is 35.5. The minimum absolute atomic E-state index is 0.0172. The van der Waals surface area contributed by atoms with E-state index < -0.39 is 26.2 Å². The van der Waals surface area contributed by atoms with E-state index >= 15 is 0 Å². The second kappa shape index (κ2) is 8.14. The first-order chi connectivity index (χ1) is 12.3. The molecule has 0 fully saturated rings. The summed E-state index contributed by atoms with van der Waals surface area (Å²) >= 11 is 5.85. The SMILES string of the molecule is C=CCCC(CC=C)(c1cc(F)ccc1F)S(=O)(=O)c1ccc(Cl)cc1. The molecule has 2 rings (SSSR count). The van der Waals surface area contributed by atoms with Crippen molar-refractivity contribution < 1.29 is 17.2 Å². The van der Waals surface area contributed by atoms with Crippen molar-refractivity contribution in [3.63, 3.8) is 0 Å². The predicted molar refractivity (Wildman–Crippen MR) is 101 cm³/mol. The molecule has 0 heterocycles. The van der Waals surface area contributed by atoms with Crippen LogP contribution in [0.25, 0.3) is 0 Å². The smallest absolute Gasteiger partial charge is 0.188 e. The number of hydrogen-bond donors (Lipinski definition) is 0. The Balaban J connectivity index is 2.81. The van der Waals surface area contributed by atoms with Gasteiger partial charge >= 0.3 is 0 Å². The van der Waals surface area contributed by atoms with Crippen molar-refractivity contribution in [1.82, 2.24) is 0 Å². The summed E-state index contributed by atoms with van der Waals surface area (Å²) in [7, 11) is -4.09. The van der Waals surface area contributed by atoms with Gasteiger partial charge in [0.15, 0.2) is 9.84 Å². The molecular weight excluding hydrogens is 378 g/mol. The van der Waals surface area contributed by atoms with Crippen molar-refractivity contribution in [1.29, 1.82) is 0 Å². The summed E-state index contributed by atoms with van der Waals surface area (Å²) < 4.78 is 53.8. The highest BCUT2D eigenvalue weighted by Gasteiger charge is 2.46. The van der Waals surface area contributed by atoms with Gasteiger partial charge < -0.3 is 0 Å². The third-order valence-electron chi connectivity index (χ3n) is 4.28. The molecule has 0 amide bonds. The fraction of sp³-hybridized carbons (Fsp3) is 0.200. The highest BCUT2D eigenvalue weighted by molar-refractivity contribution is 7.92. The average Bonchev–Trinajstić information content (AvgIpc) is 2.61. The molecule has 0 aliphatic rings. The first kappa shape index (κ1) is 20.3. The van der Waals surface area contributed by atoms with E-state index in [-0.39, 0.29) is 23.3 Å². The highest BCUT2D eigenvalue weighted by Crippen LogP contribution is 2.44. The second-order valence-corrected chi connectivity index (χ2v) is 8.59. The van der Waals surface area contributed by atoms with Crippen LogP contribution in [-0.4, -0.2) is 8.42 Å². The van der Waals surface area contributed by atoms with E-state index in [0.29, 0.717) is 11.4 Å². The van der Waals surface area contributed by atoms with Gasteiger partial charge in [-0.3, -0.25) is 0 Å². The summed E-state index contributed by atoms with van der Waals surface area (Å²) in [6, 6.07) is 8.45. The Labute approximate surface area is 157 Å². The van der Waals surface area contributed by atoms with Crippen LogP contribution in [0.4, 0.5) is 8.78 Å². The van der Waals surface area contributed by atoms with Crippen molar-refractivity contribution in [2.75, 3.05) is 0 Å². The van der Waals surface area contributed by atoms with Gasteiger partial charge in [-0.1, -0.05) is 23.8 Å². The van der Waals surface area contributed by atoms with Crippen LogP contribution in [0.1, 0.15) is 24.8 Å². The number of sulfone groups is 1. The van der Waals surface area contributed by atoms with Gasteiger partial charge in [-0.2, -0.15) is 0 Å². The first-order valence-electron chi connectivity index (χ1n) is 7.96. The van der Waals surface area contributed by atoms with Crippen molar-refractivity contribution >= 4 is 21.4 Å². The molecular formula is C20H19ClF2O2S. The van der Waals surface area contributed by atoms with E-state index in [4.69, 9.17) is 11.6 Å². The lowest BCUT2D eigenvalue weighted by Crippen LogP contribution is -2.37. The van der Waals surface area contributed by atoms with Crippen LogP contribution in [0.3, 0.4) is 0 Å². The van der Waals surface area contributed by atoms with Crippen LogP contribution in [-0.2, 0) is 14.6 Å². The Hall–Kier alpha value is -1.98. The molecule has 1 unspecified atom stereocenters. The zero-order valence-corrected chi connectivity index (χ0v) is 15.7. The molecule has 0 aliphatic heterocycles. The van der Waals surface area contributed by atoms with E-state index in [1.165, 1.54) is 30.3 Å². The van der Waals surface area contributed by atoms with E-state index in [1.807, 2.05) is 0 Å². The third kappa shape index (κ3) is 3.74. The van der Waals surface area contributed by atoms with Crippen LogP contribution >= 0.6 is 11.6 Å². The molecule has 2 nitrogen and oxygen atoms in total. The number of halogens is 3. The molecule has 2 aromatic carbocycles. The molecule has 0 N–H and O–H groups in total. The van der Waals surface area contributed by atoms with Crippen LogP contribution in [0.2, 0.25) is 5.02 Å². The molecule has 2 aromatic rings. The minimum Gasteiger partial charge on any atom is -0.223 e. The van der Waals surface area contributed by atoms with Gasteiger partial charge in [0.05, 0.1) is 4.90 Å². The maximum atomic E-state index is 14.6. The standard InChI is InChI=1S/C20H19ClF2O2S/c1-3-5-13-20(12-4-2,18-14-16(22)8-11-19(18)23)26(24,25)17-9-6-15(21)7-10-17/h3-4,6-11,14H,1-2,5,12-13H2. The Kier molecular flexibility index (Phi) is 6.37. The van der Waals surface area contributed by atoms with Gasteiger partial charge in [0.25, 0.3) is 0 Å². The zero-order valence-electron chi connectivity index (χ0n) is 14.1. The lowest BCUT2D eigenvalue weighted by atomic mass is 9.89.